The summed E-state index contributed by atoms with van der Waals surface area (Å²) in [6, 6.07) is 6.30. The molecule has 1 heterocycles. The number of allylic oxidation sites excluding steroid dienone is 3. The minimum absolute atomic E-state index is 0.261. The lowest BCUT2D eigenvalue weighted by atomic mass is 10.1. The van der Waals surface area contributed by atoms with E-state index in [1.54, 1.807) is 25.5 Å². The number of halogens is 1. The highest BCUT2D eigenvalue weighted by molar-refractivity contribution is 6.11. The SMILES string of the molecule is C=C(C)/C=C\C(=NC)c1c(-c2ccc(F)cc2)ncn1C. The van der Waals surface area contributed by atoms with Gasteiger partial charge >= 0.3 is 0 Å². The van der Waals surface area contributed by atoms with Gasteiger partial charge in [0.25, 0.3) is 0 Å². The summed E-state index contributed by atoms with van der Waals surface area (Å²) in [4.78, 5) is 8.74. The van der Waals surface area contributed by atoms with E-state index in [0.29, 0.717) is 0 Å². The van der Waals surface area contributed by atoms with Crippen molar-refractivity contribution in [3.8, 4) is 11.3 Å². The normalized spacial score (nSPS) is 12.1. The van der Waals surface area contributed by atoms with Crippen molar-refractivity contribution in [3.05, 3.63) is 66.4 Å². The van der Waals surface area contributed by atoms with E-state index in [-0.39, 0.29) is 5.82 Å². The molecule has 1 aromatic carbocycles. The molecule has 0 N–H and O–H groups in total. The number of aromatic nitrogens is 2. The fourth-order valence-electron chi connectivity index (χ4n) is 2.03. The van der Waals surface area contributed by atoms with E-state index in [0.717, 1.165) is 28.2 Å². The average Bonchev–Trinajstić information content (AvgIpc) is 2.83. The van der Waals surface area contributed by atoms with E-state index in [4.69, 9.17) is 0 Å². The molecule has 0 atom stereocenters. The van der Waals surface area contributed by atoms with Crippen LogP contribution in [0, 0.1) is 5.82 Å². The Hall–Kier alpha value is -2.49. The third-order valence-electron chi connectivity index (χ3n) is 3.06. The van der Waals surface area contributed by atoms with Crippen molar-refractivity contribution in [2.45, 2.75) is 6.92 Å². The van der Waals surface area contributed by atoms with Crippen LogP contribution in [0.2, 0.25) is 0 Å². The van der Waals surface area contributed by atoms with Crippen LogP contribution in [0.1, 0.15) is 12.6 Å². The molecule has 0 aliphatic rings. The first-order valence-electron chi connectivity index (χ1n) is 6.61. The molecule has 2 aromatic rings. The van der Waals surface area contributed by atoms with E-state index in [2.05, 4.69) is 16.6 Å². The molecule has 0 unspecified atom stereocenters. The summed E-state index contributed by atoms with van der Waals surface area (Å²) in [5.74, 6) is -0.261. The zero-order valence-electron chi connectivity index (χ0n) is 12.5. The monoisotopic (exact) mass is 283 g/mol. The van der Waals surface area contributed by atoms with Crippen LogP contribution in [-0.2, 0) is 7.05 Å². The van der Waals surface area contributed by atoms with Crippen molar-refractivity contribution < 1.29 is 4.39 Å². The fourth-order valence-corrected chi connectivity index (χ4v) is 2.03. The van der Waals surface area contributed by atoms with Gasteiger partial charge in [-0.25, -0.2) is 9.37 Å². The molecule has 21 heavy (non-hydrogen) atoms. The Morgan fingerprint density at radius 2 is 1.95 bits per heavy atom. The first-order valence-corrected chi connectivity index (χ1v) is 6.61. The molecule has 0 bridgehead atoms. The van der Waals surface area contributed by atoms with Crippen LogP contribution in [0.25, 0.3) is 11.3 Å². The smallest absolute Gasteiger partial charge is 0.123 e. The van der Waals surface area contributed by atoms with Gasteiger partial charge in [0, 0.05) is 19.7 Å². The van der Waals surface area contributed by atoms with Gasteiger partial charge in [0.2, 0.25) is 0 Å². The lowest BCUT2D eigenvalue weighted by molar-refractivity contribution is 0.628. The molecule has 4 heteroatoms. The van der Waals surface area contributed by atoms with E-state index in [9.17, 15) is 4.39 Å². The molecular weight excluding hydrogens is 265 g/mol. The molecule has 0 saturated carbocycles. The molecular formula is C17H18FN3. The maximum absolute atomic E-state index is 13.1. The third kappa shape index (κ3) is 3.34. The molecule has 108 valence electrons. The Morgan fingerprint density at radius 3 is 2.52 bits per heavy atom. The van der Waals surface area contributed by atoms with Crippen molar-refractivity contribution in [1.29, 1.82) is 0 Å². The highest BCUT2D eigenvalue weighted by atomic mass is 19.1. The fraction of sp³-hybridized carbons (Fsp3) is 0.176. The Bertz CT molecular complexity index is 706. The van der Waals surface area contributed by atoms with Gasteiger partial charge < -0.3 is 4.57 Å². The number of benzene rings is 1. The summed E-state index contributed by atoms with van der Waals surface area (Å²) in [5, 5.41) is 0. The zero-order chi connectivity index (χ0) is 15.4. The second-order valence-electron chi connectivity index (χ2n) is 4.85. The molecule has 0 aliphatic carbocycles. The van der Waals surface area contributed by atoms with Crippen molar-refractivity contribution in [2.24, 2.45) is 12.0 Å². The van der Waals surface area contributed by atoms with E-state index in [1.807, 2.05) is 30.7 Å². The predicted octanol–water partition coefficient (Wildman–Crippen LogP) is 3.78. The average molecular weight is 283 g/mol. The third-order valence-corrected chi connectivity index (χ3v) is 3.06. The van der Waals surface area contributed by atoms with Crippen LogP contribution in [0.4, 0.5) is 4.39 Å². The molecule has 3 nitrogen and oxygen atoms in total. The van der Waals surface area contributed by atoms with E-state index >= 15 is 0 Å². The Morgan fingerprint density at radius 1 is 1.29 bits per heavy atom. The molecule has 0 spiro atoms. The highest BCUT2D eigenvalue weighted by Crippen LogP contribution is 2.23. The topological polar surface area (TPSA) is 30.2 Å². The number of aryl methyl sites for hydroxylation is 1. The van der Waals surface area contributed by atoms with Gasteiger partial charge in [-0.1, -0.05) is 18.2 Å². The second kappa shape index (κ2) is 6.31. The number of nitrogens with zero attached hydrogens (tertiary/aromatic N) is 3. The quantitative estimate of drug-likeness (QED) is 0.620. The highest BCUT2D eigenvalue weighted by Gasteiger charge is 2.14. The minimum Gasteiger partial charge on any atom is -0.332 e. The Balaban J connectivity index is 2.51. The van der Waals surface area contributed by atoms with Crippen LogP contribution in [0.5, 0.6) is 0 Å². The summed E-state index contributed by atoms with van der Waals surface area (Å²) in [5.41, 5.74) is 4.28. The number of rotatable bonds is 4. The summed E-state index contributed by atoms with van der Waals surface area (Å²) < 4.78 is 15.0. The molecule has 0 fully saturated rings. The lowest BCUT2D eigenvalue weighted by Gasteiger charge is -2.06. The van der Waals surface area contributed by atoms with E-state index in [1.165, 1.54) is 12.1 Å². The van der Waals surface area contributed by atoms with Gasteiger partial charge in [-0.05, 0) is 37.3 Å². The Labute approximate surface area is 124 Å². The number of aliphatic imine (C=N–C) groups is 1. The first kappa shape index (κ1) is 14.9. The first-order chi connectivity index (χ1) is 10.0. The molecule has 0 saturated heterocycles. The van der Waals surface area contributed by atoms with Gasteiger partial charge in [-0.2, -0.15) is 0 Å². The summed E-state index contributed by atoms with van der Waals surface area (Å²) in [6.45, 7) is 5.77. The van der Waals surface area contributed by atoms with Crippen molar-refractivity contribution in [2.75, 3.05) is 7.05 Å². The van der Waals surface area contributed by atoms with Crippen LogP contribution < -0.4 is 0 Å². The van der Waals surface area contributed by atoms with Crippen molar-refractivity contribution in [1.82, 2.24) is 9.55 Å². The minimum atomic E-state index is -0.261. The maximum atomic E-state index is 13.1. The van der Waals surface area contributed by atoms with E-state index < -0.39 is 0 Å². The summed E-state index contributed by atoms with van der Waals surface area (Å²) in [7, 11) is 3.65. The lowest BCUT2D eigenvalue weighted by Crippen LogP contribution is -2.06. The van der Waals surface area contributed by atoms with Gasteiger partial charge in [-0.3, -0.25) is 4.99 Å². The largest absolute Gasteiger partial charge is 0.332 e. The van der Waals surface area contributed by atoms with Crippen molar-refractivity contribution in [3.63, 3.8) is 0 Å². The van der Waals surface area contributed by atoms with Gasteiger partial charge in [0.05, 0.1) is 23.4 Å². The standard InChI is InChI=1S/C17H18FN3/c1-12(2)5-10-15(19-3)17-16(20-11-21(17)4)13-6-8-14(18)9-7-13/h5-11H,1H2,2-4H3/b10-5-,19-15?. The van der Waals surface area contributed by atoms with Crippen LogP contribution >= 0.6 is 0 Å². The number of imidazole rings is 1. The zero-order valence-corrected chi connectivity index (χ0v) is 12.5. The van der Waals surface area contributed by atoms with Crippen LogP contribution in [0.3, 0.4) is 0 Å². The molecule has 0 aliphatic heterocycles. The molecule has 0 amide bonds. The number of hydrogen-bond acceptors (Lipinski definition) is 2. The molecule has 2 rings (SSSR count). The summed E-state index contributed by atoms with van der Waals surface area (Å²) in [6.07, 6.45) is 5.55. The van der Waals surface area contributed by atoms with Gasteiger partial charge in [-0.15, -0.1) is 0 Å². The molecule has 0 radical (unpaired) electrons. The van der Waals surface area contributed by atoms with Crippen LogP contribution in [0.15, 0.2) is 59.9 Å². The maximum Gasteiger partial charge on any atom is 0.123 e. The predicted molar refractivity (Wildman–Crippen MR) is 85.0 cm³/mol. The molecule has 1 aromatic heterocycles. The van der Waals surface area contributed by atoms with Gasteiger partial charge in [0.1, 0.15) is 5.82 Å². The Kier molecular flexibility index (Phi) is 4.48. The second-order valence-corrected chi connectivity index (χ2v) is 4.85. The van der Waals surface area contributed by atoms with Crippen molar-refractivity contribution >= 4 is 5.71 Å². The van der Waals surface area contributed by atoms with Crippen LogP contribution in [-0.4, -0.2) is 22.3 Å². The van der Waals surface area contributed by atoms with Gasteiger partial charge in [0.15, 0.2) is 0 Å². The number of hydrogen-bond donors (Lipinski definition) is 0. The summed E-state index contributed by atoms with van der Waals surface area (Å²) >= 11 is 0.